The molecule has 0 saturated carbocycles. The van der Waals surface area contributed by atoms with Gasteiger partial charge in [0.1, 0.15) is 23.1 Å². The third kappa shape index (κ3) is 4.92. The number of pyridine rings is 1. The van der Waals surface area contributed by atoms with Crippen molar-refractivity contribution in [3.63, 3.8) is 0 Å². The average molecular weight is 384 g/mol. The first-order valence-electron chi connectivity index (χ1n) is 8.18. The Labute approximate surface area is 161 Å². The summed E-state index contributed by atoms with van der Waals surface area (Å²) in [5, 5.41) is 6.44. The zero-order chi connectivity index (χ0) is 19.2. The molecule has 3 rings (SSSR count). The van der Waals surface area contributed by atoms with Crippen LogP contribution in [0.2, 0.25) is 5.02 Å². The van der Waals surface area contributed by atoms with Crippen LogP contribution in [0, 0.1) is 6.92 Å². The summed E-state index contributed by atoms with van der Waals surface area (Å²) in [6.07, 6.45) is 3.36. The Morgan fingerprint density at radius 2 is 1.93 bits per heavy atom. The number of anilines is 2. The van der Waals surface area contributed by atoms with Gasteiger partial charge in [0.25, 0.3) is 5.91 Å². The highest BCUT2D eigenvalue weighted by molar-refractivity contribution is 6.32. The summed E-state index contributed by atoms with van der Waals surface area (Å²) >= 11 is 6.14. The zero-order valence-electron chi connectivity index (χ0n) is 14.9. The van der Waals surface area contributed by atoms with Gasteiger partial charge in [0.05, 0.1) is 12.1 Å². The number of aryl methyl sites for hydroxylation is 1. The smallest absolute Gasteiger partial charge is 0.270 e. The second-order valence-corrected chi connectivity index (χ2v) is 6.11. The van der Waals surface area contributed by atoms with Crippen molar-refractivity contribution < 1.29 is 9.53 Å². The highest BCUT2D eigenvalue weighted by Gasteiger charge is 2.11. The van der Waals surface area contributed by atoms with Crippen LogP contribution in [0.4, 0.5) is 11.5 Å². The summed E-state index contributed by atoms with van der Waals surface area (Å²) in [5.74, 6) is 1.27. The first kappa shape index (κ1) is 18.6. The first-order valence-corrected chi connectivity index (χ1v) is 8.56. The van der Waals surface area contributed by atoms with E-state index < -0.39 is 0 Å². The maximum absolute atomic E-state index is 12.4. The van der Waals surface area contributed by atoms with E-state index >= 15 is 0 Å². The fourth-order valence-electron chi connectivity index (χ4n) is 2.41. The number of rotatable bonds is 6. The van der Waals surface area contributed by atoms with Crippen molar-refractivity contribution >= 4 is 29.0 Å². The highest BCUT2D eigenvalue weighted by Crippen LogP contribution is 2.28. The number of nitrogens with zero attached hydrogens (tertiary/aromatic N) is 3. The number of methoxy groups -OCH3 is 1. The molecule has 27 heavy (non-hydrogen) atoms. The topological polar surface area (TPSA) is 89.0 Å². The van der Waals surface area contributed by atoms with Crippen molar-refractivity contribution in [1.29, 1.82) is 0 Å². The van der Waals surface area contributed by atoms with Crippen LogP contribution in [-0.4, -0.2) is 28.0 Å². The number of hydrogen-bond acceptors (Lipinski definition) is 6. The average Bonchev–Trinajstić information content (AvgIpc) is 2.66. The van der Waals surface area contributed by atoms with E-state index in [4.69, 9.17) is 16.3 Å². The normalized spacial score (nSPS) is 10.3. The molecule has 0 unspecified atom stereocenters. The van der Waals surface area contributed by atoms with E-state index in [1.807, 2.05) is 18.2 Å². The molecule has 8 heteroatoms. The minimum Gasteiger partial charge on any atom is -0.495 e. The second kappa shape index (κ2) is 8.46. The largest absolute Gasteiger partial charge is 0.495 e. The molecular weight excluding hydrogens is 366 g/mol. The molecule has 0 aliphatic rings. The molecule has 2 aromatic heterocycles. The number of carbonyl (C=O) groups is 1. The fourth-order valence-corrected chi connectivity index (χ4v) is 2.67. The van der Waals surface area contributed by atoms with E-state index in [-0.39, 0.29) is 11.6 Å². The molecule has 0 radical (unpaired) electrons. The second-order valence-electron chi connectivity index (χ2n) is 5.70. The summed E-state index contributed by atoms with van der Waals surface area (Å²) in [6.45, 7) is 2.12. The first-order chi connectivity index (χ1) is 13.0. The third-order valence-electron chi connectivity index (χ3n) is 3.70. The van der Waals surface area contributed by atoms with E-state index in [1.54, 1.807) is 44.6 Å². The van der Waals surface area contributed by atoms with Crippen molar-refractivity contribution in [2.75, 3.05) is 12.4 Å². The van der Waals surface area contributed by atoms with Gasteiger partial charge in [-0.05, 0) is 42.8 Å². The summed E-state index contributed by atoms with van der Waals surface area (Å²) in [4.78, 5) is 24.9. The van der Waals surface area contributed by atoms with E-state index in [9.17, 15) is 4.79 Å². The third-order valence-corrected chi connectivity index (χ3v) is 3.99. The lowest BCUT2D eigenvalue weighted by Gasteiger charge is -2.10. The Balaban J connectivity index is 1.73. The number of ether oxygens (including phenoxy) is 1. The number of benzene rings is 1. The van der Waals surface area contributed by atoms with Crippen LogP contribution in [0.1, 0.15) is 21.9 Å². The molecule has 0 aliphatic heterocycles. The molecule has 2 N–H and O–H groups in total. The lowest BCUT2D eigenvalue weighted by Crippen LogP contribution is -2.24. The molecule has 1 amide bonds. The SMILES string of the molecule is COc1ccc(Nc2cc(C(=O)NCc3ccncc3)nc(C)n2)cc1Cl. The van der Waals surface area contributed by atoms with Gasteiger partial charge in [0.2, 0.25) is 0 Å². The van der Waals surface area contributed by atoms with Crippen molar-refractivity contribution in [2.24, 2.45) is 0 Å². The van der Waals surface area contributed by atoms with Gasteiger partial charge in [-0.3, -0.25) is 9.78 Å². The van der Waals surface area contributed by atoms with Gasteiger partial charge < -0.3 is 15.4 Å². The van der Waals surface area contributed by atoms with Crippen LogP contribution < -0.4 is 15.4 Å². The molecule has 0 atom stereocenters. The van der Waals surface area contributed by atoms with Gasteiger partial charge in [-0.25, -0.2) is 9.97 Å². The standard InChI is InChI=1S/C19H18ClN5O2/c1-12-23-16(19(26)22-11-13-5-7-21-8-6-13)10-18(24-12)25-14-3-4-17(27-2)15(20)9-14/h3-10H,11H2,1-2H3,(H,22,26)(H,23,24,25). The fraction of sp³-hybridized carbons (Fsp3) is 0.158. The minimum absolute atomic E-state index is 0.277. The number of amides is 1. The van der Waals surface area contributed by atoms with E-state index in [1.165, 1.54) is 0 Å². The van der Waals surface area contributed by atoms with Gasteiger partial charge in [-0.1, -0.05) is 11.6 Å². The summed E-state index contributed by atoms with van der Waals surface area (Å²) in [7, 11) is 1.55. The van der Waals surface area contributed by atoms with Crippen LogP contribution in [0.5, 0.6) is 5.75 Å². The van der Waals surface area contributed by atoms with Crippen LogP contribution in [0.3, 0.4) is 0 Å². The predicted molar refractivity (Wildman–Crippen MR) is 103 cm³/mol. The maximum Gasteiger partial charge on any atom is 0.270 e. The molecule has 0 saturated heterocycles. The Hall–Kier alpha value is -3.19. The van der Waals surface area contributed by atoms with Crippen molar-refractivity contribution in [1.82, 2.24) is 20.3 Å². The quantitative estimate of drug-likeness (QED) is 0.677. The molecular formula is C19H18ClN5O2. The molecule has 0 fully saturated rings. The Bertz CT molecular complexity index is 950. The van der Waals surface area contributed by atoms with Crippen LogP contribution in [-0.2, 0) is 6.54 Å². The molecule has 0 aliphatic carbocycles. The minimum atomic E-state index is -0.284. The lowest BCUT2D eigenvalue weighted by molar-refractivity contribution is 0.0945. The van der Waals surface area contributed by atoms with Gasteiger partial charge in [-0.2, -0.15) is 0 Å². The highest BCUT2D eigenvalue weighted by atomic mass is 35.5. The van der Waals surface area contributed by atoms with Gasteiger partial charge in [0.15, 0.2) is 0 Å². The van der Waals surface area contributed by atoms with Crippen molar-refractivity contribution in [3.8, 4) is 5.75 Å². The monoisotopic (exact) mass is 383 g/mol. The number of nitrogens with one attached hydrogen (secondary N) is 2. The molecule has 0 spiro atoms. The Morgan fingerprint density at radius 3 is 2.63 bits per heavy atom. The maximum atomic E-state index is 12.4. The molecule has 2 heterocycles. The zero-order valence-corrected chi connectivity index (χ0v) is 15.6. The van der Waals surface area contributed by atoms with Crippen molar-refractivity contribution in [3.05, 3.63) is 70.9 Å². The van der Waals surface area contributed by atoms with E-state index in [0.717, 1.165) is 11.3 Å². The molecule has 138 valence electrons. The number of halogens is 1. The Kier molecular flexibility index (Phi) is 5.83. The number of carbonyl (C=O) groups excluding carboxylic acids is 1. The summed E-state index contributed by atoms with van der Waals surface area (Å²) < 4.78 is 5.14. The number of hydrogen-bond donors (Lipinski definition) is 2. The van der Waals surface area contributed by atoms with Crippen LogP contribution in [0.25, 0.3) is 0 Å². The summed E-state index contributed by atoms with van der Waals surface area (Å²) in [5.41, 5.74) is 1.95. The Morgan fingerprint density at radius 1 is 1.15 bits per heavy atom. The molecule has 0 bridgehead atoms. The molecule has 7 nitrogen and oxygen atoms in total. The van der Waals surface area contributed by atoms with Crippen LogP contribution in [0.15, 0.2) is 48.8 Å². The van der Waals surface area contributed by atoms with Gasteiger partial charge in [0, 0.05) is 30.7 Å². The summed E-state index contributed by atoms with van der Waals surface area (Å²) in [6, 6.07) is 10.6. The number of aromatic nitrogens is 3. The van der Waals surface area contributed by atoms with Gasteiger partial charge >= 0.3 is 0 Å². The lowest BCUT2D eigenvalue weighted by atomic mass is 10.2. The molecule has 3 aromatic rings. The van der Waals surface area contributed by atoms with E-state index in [0.29, 0.717) is 29.0 Å². The van der Waals surface area contributed by atoms with E-state index in [2.05, 4.69) is 25.6 Å². The van der Waals surface area contributed by atoms with Gasteiger partial charge in [-0.15, -0.1) is 0 Å². The molecule has 1 aromatic carbocycles. The van der Waals surface area contributed by atoms with Crippen LogP contribution >= 0.6 is 11.6 Å². The predicted octanol–water partition coefficient (Wildman–Crippen LogP) is 3.52. The van der Waals surface area contributed by atoms with Crippen molar-refractivity contribution in [2.45, 2.75) is 13.5 Å².